The van der Waals surface area contributed by atoms with Crippen LogP contribution in [0.2, 0.25) is 0 Å². The lowest BCUT2D eigenvalue weighted by Crippen LogP contribution is -2.32. The number of methoxy groups -OCH3 is 2. The molecular weight excluding hydrogens is 400 g/mol. The maximum absolute atomic E-state index is 13.1. The second kappa shape index (κ2) is 8.63. The van der Waals surface area contributed by atoms with E-state index in [1.54, 1.807) is 30.9 Å². The first-order valence-electron chi connectivity index (χ1n) is 9.86. The molecule has 164 valence electrons. The molecule has 0 aliphatic carbocycles. The van der Waals surface area contributed by atoms with Gasteiger partial charge in [0.15, 0.2) is 17.3 Å². The smallest absolute Gasteiger partial charge is 0.270 e. The lowest BCUT2D eigenvalue weighted by Gasteiger charge is -2.20. The molecule has 9 nitrogen and oxygen atoms in total. The molecular formula is C22H26N4O5. The number of carbonyl (C=O) groups is 2. The van der Waals surface area contributed by atoms with E-state index in [9.17, 15) is 14.4 Å². The minimum absolute atomic E-state index is 0.0988. The number of H-pyrrole nitrogens is 2. The van der Waals surface area contributed by atoms with E-state index in [1.165, 1.54) is 21.1 Å². The highest BCUT2D eigenvalue weighted by molar-refractivity contribution is 6.02. The number of carbonyl (C=O) groups excluding carboxylic acids is 2. The van der Waals surface area contributed by atoms with Crippen LogP contribution in [-0.2, 0) is 6.54 Å². The number of benzene rings is 1. The number of fused-ring (bicyclic) bond motifs is 1. The quantitative estimate of drug-likeness (QED) is 0.561. The van der Waals surface area contributed by atoms with Crippen LogP contribution in [0.25, 0.3) is 10.9 Å². The topological polar surface area (TPSA) is 117 Å². The summed E-state index contributed by atoms with van der Waals surface area (Å²) in [5.74, 6) is 0.854. The van der Waals surface area contributed by atoms with Gasteiger partial charge in [-0.25, -0.2) is 4.98 Å². The Balaban J connectivity index is 1.98. The standard InChI is InChI=1S/C22H26N4O5/c1-7-26(22(29)20-11(2)19(13(4)27)12(3)23-20)10-18-24-15-9-17(31-6)16(30-5)8-14(15)21(28)25-18/h8-9,23H,7,10H2,1-6H3,(H,24,25,28). The van der Waals surface area contributed by atoms with Gasteiger partial charge in [-0.1, -0.05) is 0 Å². The van der Waals surface area contributed by atoms with Crippen LogP contribution >= 0.6 is 0 Å². The second-order valence-electron chi connectivity index (χ2n) is 7.24. The molecule has 2 aromatic heterocycles. The van der Waals surface area contributed by atoms with Gasteiger partial charge in [-0.15, -0.1) is 0 Å². The third-order valence-corrected chi connectivity index (χ3v) is 5.27. The number of aromatic nitrogens is 3. The second-order valence-corrected chi connectivity index (χ2v) is 7.24. The predicted molar refractivity (Wildman–Crippen MR) is 116 cm³/mol. The number of nitrogens with one attached hydrogen (secondary N) is 2. The van der Waals surface area contributed by atoms with Crippen molar-refractivity contribution < 1.29 is 19.1 Å². The van der Waals surface area contributed by atoms with Gasteiger partial charge in [0.2, 0.25) is 0 Å². The van der Waals surface area contributed by atoms with Crippen LogP contribution in [0, 0.1) is 13.8 Å². The minimum Gasteiger partial charge on any atom is -0.493 e. The zero-order valence-corrected chi connectivity index (χ0v) is 18.5. The van der Waals surface area contributed by atoms with Crippen molar-refractivity contribution in [2.75, 3.05) is 20.8 Å². The van der Waals surface area contributed by atoms with Crippen molar-refractivity contribution in [3.8, 4) is 11.5 Å². The lowest BCUT2D eigenvalue weighted by atomic mass is 10.1. The largest absolute Gasteiger partial charge is 0.493 e. The first kappa shape index (κ1) is 22.1. The van der Waals surface area contributed by atoms with E-state index in [1.807, 2.05) is 6.92 Å². The van der Waals surface area contributed by atoms with E-state index in [-0.39, 0.29) is 23.8 Å². The maximum Gasteiger partial charge on any atom is 0.270 e. The van der Waals surface area contributed by atoms with E-state index >= 15 is 0 Å². The van der Waals surface area contributed by atoms with Gasteiger partial charge in [0.05, 0.1) is 31.7 Å². The Labute approximate surface area is 179 Å². The molecule has 0 atom stereocenters. The van der Waals surface area contributed by atoms with Crippen LogP contribution in [0.1, 0.15) is 51.8 Å². The molecule has 0 aliphatic rings. The number of aromatic amines is 2. The monoisotopic (exact) mass is 426 g/mol. The molecule has 0 saturated carbocycles. The summed E-state index contributed by atoms with van der Waals surface area (Å²) in [5, 5.41) is 0.359. The molecule has 31 heavy (non-hydrogen) atoms. The van der Waals surface area contributed by atoms with E-state index in [0.717, 1.165) is 0 Å². The number of nitrogens with zero attached hydrogens (tertiary/aromatic N) is 2. The molecule has 0 unspecified atom stereocenters. The van der Waals surface area contributed by atoms with Crippen molar-refractivity contribution in [1.29, 1.82) is 0 Å². The van der Waals surface area contributed by atoms with Crippen LogP contribution in [0.3, 0.4) is 0 Å². The summed E-state index contributed by atoms with van der Waals surface area (Å²) in [6, 6.07) is 3.20. The molecule has 0 aliphatic heterocycles. The average molecular weight is 426 g/mol. The first-order chi connectivity index (χ1) is 14.7. The fraction of sp³-hybridized carbons (Fsp3) is 0.364. The zero-order valence-electron chi connectivity index (χ0n) is 18.5. The molecule has 0 radical (unpaired) electrons. The number of amides is 1. The van der Waals surface area contributed by atoms with E-state index in [2.05, 4.69) is 15.0 Å². The summed E-state index contributed by atoms with van der Waals surface area (Å²) in [4.78, 5) is 49.5. The van der Waals surface area contributed by atoms with Crippen LogP contribution in [-0.4, -0.2) is 52.3 Å². The van der Waals surface area contributed by atoms with E-state index in [4.69, 9.17) is 9.47 Å². The van der Waals surface area contributed by atoms with Gasteiger partial charge in [0.1, 0.15) is 11.5 Å². The van der Waals surface area contributed by atoms with Crippen LogP contribution in [0.5, 0.6) is 11.5 Å². The zero-order chi connectivity index (χ0) is 22.9. The Morgan fingerprint density at radius 1 is 1.10 bits per heavy atom. The average Bonchev–Trinajstić information content (AvgIpc) is 3.04. The Bertz CT molecular complexity index is 1220. The highest BCUT2D eigenvalue weighted by Crippen LogP contribution is 2.30. The molecule has 1 aromatic carbocycles. The summed E-state index contributed by atoms with van der Waals surface area (Å²) in [6.07, 6.45) is 0. The van der Waals surface area contributed by atoms with Gasteiger partial charge >= 0.3 is 0 Å². The minimum atomic E-state index is -0.338. The Morgan fingerprint density at radius 3 is 2.29 bits per heavy atom. The summed E-state index contributed by atoms with van der Waals surface area (Å²) in [5.41, 5.74) is 2.26. The van der Waals surface area contributed by atoms with Crippen LogP contribution in [0.15, 0.2) is 16.9 Å². The number of aryl methyl sites for hydroxylation is 1. The number of ether oxygens (including phenoxy) is 2. The number of hydrogen-bond acceptors (Lipinski definition) is 6. The molecule has 1 amide bonds. The fourth-order valence-corrected chi connectivity index (χ4v) is 3.75. The highest BCUT2D eigenvalue weighted by Gasteiger charge is 2.24. The maximum atomic E-state index is 13.1. The van der Waals surface area contributed by atoms with E-state index in [0.29, 0.717) is 57.3 Å². The molecule has 0 saturated heterocycles. The highest BCUT2D eigenvalue weighted by atomic mass is 16.5. The summed E-state index contributed by atoms with van der Waals surface area (Å²) in [7, 11) is 3.00. The van der Waals surface area contributed by atoms with Crippen LogP contribution < -0.4 is 15.0 Å². The summed E-state index contributed by atoms with van der Waals surface area (Å²) >= 11 is 0. The fourth-order valence-electron chi connectivity index (χ4n) is 3.75. The van der Waals surface area contributed by atoms with Gasteiger partial charge < -0.3 is 24.3 Å². The number of hydrogen-bond donors (Lipinski definition) is 2. The van der Waals surface area contributed by atoms with Crippen molar-refractivity contribution >= 4 is 22.6 Å². The lowest BCUT2D eigenvalue weighted by molar-refractivity contribution is 0.0742. The SMILES string of the molecule is CCN(Cc1nc2cc(OC)c(OC)cc2c(=O)[nH]1)C(=O)c1[nH]c(C)c(C(C)=O)c1C. The third-order valence-electron chi connectivity index (χ3n) is 5.27. The molecule has 0 fully saturated rings. The van der Waals surface area contributed by atoms with Crippen molar-refractivity contribution in [2.24, 2.45) is 0 Å². The predicted octanol–water partition coefficient (Wildman–Crippen LogP) is 2.75. The van der Waals surface area contributed by atoms with Crippen molar-refractivity contribution in [1.82, 2.24) is 19.9 Å². The van der Waals surface area contributed by atoms with Gasteiger partial charge in [0, 0.05) is 23.9 Å². The molecule has 0 spiro atoms. The third kappa shape index (κ3) is 4.03. The number of ketones is 1. The van der Waals surface area contributed by atoms with Crippen LogP contribution in [0.4, 0.5) is 0 Å². The van der Waals surface area contributed by atoms with Gasteiger partial charge in [-0.05, 0) is 39.3 Å². The molecule has 0 bridgehead atoms. The first-order valence-corrected chi connectivity index (χ1v) is 9.86. The van der Waals surface area contributed by atoms with Gasteiger partial charge in [-0.2, -0.15) is 0 Å². The molecule has 3 aromatic rings. The molecule has 2 N–H and O–H groups in total. The summed E-state index contributed by atoms with van der Waals surface area (Å²) in [6.45, 7) is 7.31. The van der Waals surface area contributed by atoms with Gasteiger partial charge in [0.25, 0.3) is 11.5 Å². The van der Waals surface area contributed by atoms with Gasteiger partial charge in [-0.3, -0.25) is 14.4 Å². The normalized spacial score (nSPS) is 10.9. The Hall–Kier alpha value is -3.62. The Kier molecular flexibility index (Phi) is 6.14. The number of Topliss-reactive ketones (excluding diaryl/α,β-unsaturated/α-hetero) is 1. The van der Waals surface area contributed by atoms with Crippen molar-refractivity contribution in [3.63, 3.8) is 0 Å². The molecule has 3 rings (SSSR count). The van der Waals surface area contributed by atoms with Crippen molar-refractivity contribution in [3.05, 3.63) is 50.8 Å². The Morgan fingerprint density at radius 2 is 1.74 bits per heavy atom. The molecule has 2 heterocycles. The summed E-state index contributed by atoms with van der Waals surface area (Å²) < 4.78 is 10.5. The molecule has 9 heteroatoms. The number of rotatable bonds is 7. The van der Waals surface area contributed by atoms with Crippen molar-refractivity contribution in [2.45, 2.75) is 34.2 Å². The van der Waals surface area contributed by atoms with E-state index < -0.39 is 0 Å².